The molecule has 1 rings (SSSR count). The third kappa shape index (κ3) is 5.30. The summed E-state index contributed by atoms with van der Waals surface area (Å²) in [6.07, 6.45) is 1.42. The maximum Gasteiger partial charge on any atom is 0.240 e. The van der Waals surface area contributed by atoms with E-state index in [0.29, 0.717) is 25.3 Å². The van der Waals surface area contributed by atoms with Crippen LogP contribution in [0.25, 0.3) is 0 Å². The Morgan fingerprint density at radius 1 is 1.33 bits per heavy atom. The summed E-state index contributed by atoms with van der Waals surface area (Å²) in [6.45, 7) is 6.90. The zero-order valence-electron chi connectivity index (χ0n) is 13.3. The number of benzene rings is 1. The van der Waals surface area contributed by atoms with E-state index in [2.05, 4.69) is 4.72 Å². The van der Waals surface area contributed by atoms with Crippen LogP contribution in [0.1, 0.15) is 32.8 Å². The van der Waals surface area contributed by atoms with Crippen LogP contribution in [0.15, 0.2) is 23.1 Å². The first-order chi connectivity index (χ1) is 9.72. The first-order valence-electron chi connectivity index (χ1n) is 7.09. The molecule has 1 aromatic carbocycles. The van der Waals surface area contributed by atoms with E-state index >= 15 is 0 Å². The van der Waals surface area contributed by atoms with Gasteiger partial charge in [-0.2, -0.15) is 0 Å². The minimum atomic E-state index is -3.55. The third-order valence-corrected chi connectivity index (χ3v) is 4.97. The molecule has 21 heavy (non-hydrogen) atoms. The number of hydrogen-bond acceptors (Lipinski definition) is 4. The number of nitrogen functional groups attached to an aromatic ring is 1. The summed E-state index contributed by atoms with van der Waals surface area (Å²) in [6, 6.07) is 5.00. The molecule has 0 amide bonds. The molecule has 0 aliphatic heterocycles. The van der Waals surface area contributed by atoms with Gasteiger partial charge >= 0.3 is 0 Å². The highest BCUT2D eigenvalue weighted by Crippen LogP contribution is 2.23. The zero-order chi connectivity index (χ0) is 16.1. The smallest absolute Gasteiger partial charge is 0.240 e. The van der Waals surface area contributed by atoms with E-state index in [1.165, 1.54) is 6.07 Å². The van der Waals surface area contributed by atoms with Crippen molar-refractivity contribution < 1.29 is 13.2 Å². The van der Waals surface area contributed by atoms with Crippen molar-refractivity contribution in [2.24, 2.45) is 5.41 Å². The Morgan fingerprint density at radius 2 is 2.00 bits per heavy atom. The van der Waals surface area contributed by atoms with Crippen molar-refractivity contribution in [1.82, 2.24) is 4.72 Å². The van der Waals surface area contributed by atoms with Crippen LogP contribution in [0.5, 0.6) is 0 Å². The minimum Gasteiger partial charge on any atom is -0.399 e. The van der Waals surface area contributed by atoms with Crippen LogP contribution in [0.2, 0.25) is 0 Å². The molecular weight excluding hydrogens is 288 g/mol. The van der Waals surface area contributed by atoms with Crippen molar-refractivity contribution >= 4 is 15.7 Å². The second kappa shape index (κ2) is 7.24. The summed E-state index contributed by atoms with van der Waals surface area (Å²) in [5.74, 6) is 0. The Kier molecular flexibility index (Phi) is 6.19. The molecule has 0 radical (unpaired) electrons. The lowest BCUT2D eigenvalue weighted by molar-refractivity contribution is 0.153. The highest BCUT2D eigenvalue weighted by atomic mass is 32.2. The van der Waals surface area contributed by atoms with Crippen molar-refractivity contribution in [3.05, 3.63) is 23.8 Å². The van der Waals surface area contributed by atoms with Crippen LogP contribution in [0.3, 0.4) is 0 Å². The molecule has 0 saturated carbocycles. The molecule has 1 aromatic rings. The molecule has 120 valence electrons. The van der Waals surface area contributed by atoms with Crippen molar-refractivity contribution in [3.8, 4) is 0 Å². The second-order valence-electron chi connectivity index (χ2n) is 5.95. The fraction of sp³-hybridized carbons (Fsp3) is 0.600. The summed E-state index contributed by atoms with van der Waals surface area (Å²) in [4.78, 5) is 0.271. The Bertz CT molecular complexity index is 568. The van der Waals surface area contributed by atoms with Crippen LogP contribution in [-0.2, 0) is 21.2 Å². The second-order valence-corrected chi connectivity index (χ2v) is 7.69. The van der Waals surface area contributed by atoms with Crippen LogP contribution < -0.4 is 10.5 Å². The summed E-state index contributed by atoms with van der Waals surface area (Å²) in [5, 5.41) is 0. The van der Waals surface area contributed by atoms with Gasteiger partial charge in [0, 0.05) is 25.9 Å². The molecular formula is C15H26N2O3S. The van der Waals surface area contributed by atoms with Gasteiger partial charge in [0.05, 0.1) is 4.90 Å². The molecule has 0 bridgehead atoms. The lowest BCUT2D eigenvalue weighted by Crippen LogP contribution is -2.35. The van der Waals surface area contributed by atoms with Gasteiger partial charge in [0.2, 0.25) is 10.0 Å². The van der Waals surface area contributed by atoms with Gasteiger partial charge in [-0.25, -0.2) is 13.1 Å². The molecule has 3 N–H and O–H groups in total. The quantitative estimate of drug-likeness (QED) is 0.721. The number of anilines is 1. The average Bonchev–Trinajstić information content (AvgIpc) is 2.43. The first-order valence-corrected chi connectivity index (χ1v) is 8.57. The maximum absolute atomic E-state index is 12.5. The number of aryl methyl sites for hydroxylation is 1. The molecule has 0 unspecified atom stereocenters. The Balaban J connectivity index is 2.90. The standard InChI is InChI=1S/C15H26N2O3S/c1-5-12-6-7-13(16)10-14(12)21(18,19)17-11-15(2,3)8-9-20-4/h6-7,10,17H,5,8-9,11,16H2,1-4H3. The number of hydrogen-bond donors (Lipinski definition) is 2. The molecule has 0 aliphatic carbocycles. The monoisotopic (exact) mass is 314 g/mol. The molecule has 0 atom stereocenters. The number of sulfonamides is 1. The Labute approximate surface area is 127 Å². The van der Waals surface area contributed by atoms with E-state index in [1.54, 1.807) is 19.2 Å². The van der Waals surface area contributed by atoms with Gasteiger partial charge < -0.3 is 10.5 Å². The Hall–Kier alpha value is -1.11. The summed E-state index contributed by atoms with van der Waals surface area (Å²) in [5.41, 5.74) is 6.77. The number of ether oxygens (including phenoxy) is 1. The summed E-state index contributed by atoms with van der Waals surface area (Å²) in [7, 11) is -1.92. The topological polar surface area (TPSA) is 81.4 Å². The minimum absolute atomic E-state index is 0.171. The van der Waals surface area contributed by atoms with Gasteiger partial charge in [0.25, 0.3) is 0 Å². The van der Waals surface area contributed by atoms with E-state index in [4.69, 9.17) is 10.5 Å². The fourth-order valence-corrected chi connectivity index (χ4v) is 3.53. The van der Waals surface area contributed by atoms with Gasteiger partial charge in [-0.15, -0.1) is 0 Å². The lowest BCUT2D eigenvalue weighted by Gasteiger charge is -2.24. The molecule has 0 saturated heterocycles. The van der Waals surface area contributed by atoms with E-state index in [-0.39, 0.29) is 10.3 Å². The van der Waals surface area contributed by atoms with E-state index in [9.17, 15) is 8.42 Å². The molecule has 0 aromatic heterocycles. The zero-order valence-corrected chi connectivity index (χ0v) is 14.1. The van der Waals surface area contributed by atoms with Crippen molar-refractivity contribution in [3.63, 3.8) is 0 Å². The SMILES string of the molecule is CCc1ccc(N)cc1S(=O)(=O)NCC(C)(C)CCOC. The van der Waals surface area contributed by atoms with E-state index < -0.39 is 10.0 Å². The van der Waals surface area contributed by atoms with Crippen molar-refractivity contribution in [2.45, 2.75) is 38.5 Å². The summed E-state index contributed by atoms with van der Waals surface area (Å²) >= 11 is 0. The highest BCUT2D eigenvalue weighted by molar-refractivity contribution is 7.89. The largest absolute Gasteiger partial charge is 0.399 e. The van der Waals surface area contributed by atoms with Crippen LogP contribution in [-0.4, -0.2) is 28.7 Å². The normalized spacial score (nSPS) is 12.6. The van der Waals surface area contributed by atoms with Gasteiger partial charge in [-0.05, 0) is 36.0 Å². The molecule has 0 aliphatic rings. The highest BCUT2D eigenvalue weighted by Gasteiger charge is 2.23. The number of nitrogens with two attached hydrogens (primary N) is 1. The van der Waals surface area contributed by atoms with Crippen molar-refractivity contribution in [1.29, 1.82) is 0 Å². The predicted molar refractivity (Wildman–Crippen MR) is 85.7 cm³/mol. The maximum atomic E-state index is 12.5. The first kappa shape index (κ1) is 17.9. The van der Waals surface area contributed by atoms with E-state index in [1.807, 2.05) is 20.8 Å². The lowest BCUT2D eigenvalue weighted by atomic mass is 9.90. The molecule has 0 heterocycles. The van der Waals surface area contributed by atoms with Gasteiger partial charge in [0.15, 0.2) is 0 Å². The van der Waals surface area contributed by atoms with Crippen LogP contribution in [0.4, 0.5) is 5.69 Å². The van der Waals surface area contributed by atoms with Crippen LogP contribution in [0, 0.1) is 5.41 Å². The average molecular weight is 314 g/mol. The molecule has 6 heteroatoms. The molecule has 5 nitrogen and oxygen atoms in total. The number of rotatable bonds is 8. The number of nitrogens with one attached hydrogen (secondary N) is 1. The van der Waals surface area contributed by atoms with Gasteiger partial charge in [-0.3, -0.25) is 0 Å². The Morgan fingerprint density at radius 3 is 2.57 bits per heavy atom. The molecule has 0 spiro atoms. The number of methoxy groups -OCH3 is 1. The molecule has 0 fully saturated rings. The van der Waals surface area contributed by atoms with Crippen LogP contribution >= 0.6 is 0 Å². The summed E-state index contributed by atoms with van der Waals surface area (Å²) < 4.78 is 32.7. The fourth-order valence-electron chi connectivity index (χ4n) is 1.95. The van der Waals surface area contributed by atoms with Gasteiger partial charge in [0.1, 0.15) is 0 Å². The predicted octanol–water partition coefficient (Wildman–Crippen LogP) is 2.17. The van der Waals surface area contributed by atoms with E-state index in [0.717, 1.165) is 12.0 Å². The van der Waals surface area contributed by atoms with Gasteiger partial charge in [-0.1, -0.05) is 26.8 Å². The van der Waals surface area contributed by atoms with Crippen molar-refractivity contribution in [2.75, 3.05) is 26.0 Å². The third-order valence-electron chi connectivity index (χ3n) is 3.49.